The maximum Gasteiger partial charge on any atom is 0.252 e. The minimum Gasteiger partial charge on any atom is -0.373 e. The topological polar surface area (TPSA) is 98.5 Å². The third-order valence-electron chi connectivity index (χ3n) is 3.04. The number of primary sulfonamides is 1. The molecule has 1 aromatic rings. The molecule has 1 aliphatic heterocycles. The van der Waals surface area contributed by atoms with Crippen LogP contribution in [-0.4, -0.2) is 33.1 Å². The first-order valence-corrected chi connectivity index (χ1v) is 8.26. The van der Waals surface area contributed by atoms with Crippen molar-refractivity contribution < 1.29 is 17.9 Å². The minimum absolute atomic E-state index is 0.0130. The molecule has 1 aliphatic rings. The molecule has 106 valence electrons. The average molecular weight is 304 g/mol. The standard InChI is InChI=1S/C11H16N2O4S2/c1-11(3-2-4-17-11)7-13-10(14)8-5-9(18-6-8)19(12,15)16/h5-6H,2-4,7H2,1H3,(H,13,14)(H2,12,15,16). The fourth-order valence-corrected chi connectivity index (χ4v) is 3.52. The van der Waals surface area contributed by atoms with Gasteiger partial charge in [0.25, 0.3) is 5.91 Å². The number of hydrogen-bond acceptors (Lipinski definition) is 5. The fourth-order valence-electron chi connectivity index (χ4n) is 1.93. The van der Waals surface area contributed by atoms with Gasteiger partial charge in [-0.1, -0.05) is 0 Å². The molecule has 19 heavy (non-hydrogen) atoms. The summed E-state index contributed by atoms with van der Waals surface area (Å²) in [6.45, 7) is 3.07. The van der Waals surface area contributed by atoms with Crippen molar-refractivity contribution in [1.82, 2.24) is 5.32 Å². The van der Waals surface area contributed by atoms with E-state index in [2.05, 4.69) is 5.32 Å². The van der Waals surface area contributed by atoms with Gasteiger partial charge in [-0.3, -0.25) is 4.79 Å². The molecule has 2 rings (SSSR count). The molecule has 1 unspecified atom stereocenters. The van der Waals surface area contributed by atoms with Crippen molar-refractivity contribution in [3.63, 3.8) is 0 Å². The molecule has 1 aromatic heterocycles. The lowest BCUT2D eigenvalue weighted by atomic mass is 10.0. The van der Waals surface area contributed by atoms with Gasteiger partial charge in [-0.2, -0.15) is 0 Å². The Morgan fingerprint density at radius 3 is 2.89 bits per heavy atom. The van der Waals surface area contributed by atoms with Crippen LogP contribution in [-0.2, 0) is 14.8 Å². The third kappa shape index (κ3) is 3.53. The summed E-state index contributed by atoms with van der Waals surface area (Å²) in [5, 5.41) is 9.23. The Bertz CT molecular complexity index is 573. The SMILES string of the molecule is CC1(CNC(=O)c2csc(S(N)(=O)=O)c2)CCCO1. The number of nitrogens with one attached hydrogen (secondary N) is 1. The van der Waals surface area contributed by atoms with Crippen LogP contribution in [0.5, 0.6) is 0 Å². The highest BCUT2D eigenvalue weighted by molar-refractivity contribution is 7.91. The Balaban J connectivity index is 1.99. The van der Waals surface area contributed by atoms with Gasteiger partial charge in [0, 0.05) is 18.5 Å². The maximum absolute atomic E-state index is 11.9. The van der Waals surface area contributed by atoms with Crippen molar-refractivity contribution in [3.05, 3.63) is 17.0 Å². The number of sulfonamides is 1. The summed E-state index contributed by atoms with van der Waals surface area (Å²) in [4.78, 5) is 11.9. The molecule has 1 fully saturated rings. The number of ether oxygens (including phenoxy) is 1. The first-order chi connectivity index (χ1) is 8.80. The van der Waals surface area contributed by atoms with Gasteiger partial charge in [-0.05, 0) is 25.8 Å². The first kappa shape index (κ1) is 14.4. The van der Waals surface area contributed by atoms with Crippen LogP contribution in [0.4, 0.5) is 0 Å². The fraction of sp³-hybridized carbons (Fsp3) is 0.545. The van der Waals surface area contributed by atoms with Crippen molar-refractivity contribution in [2.24, 2.45) is 5.14 Å². The number of hydrogen-bond donors (Lipinski definition) is 2. The molecular formula is C11H16N2O4S2. The normalized spacial score (nSPS) is 23.5. The van der Waals surface area contributed by atoms with Gasteiger partial charge in [0.15, 0.2) is 0 Å². The van der Waals surface area contributed by atoms with Gasteiger partial charge in [-0.15, -0.1) is 11.3 Å². The molecule has 1 amide bonds. The van der Waals surface area contributed by atoms with Gasteiger partial charge in [-0.25, -0.2) is 13.6 Å². The Hall–Kier alpha value is -0.960. The van der Waals surface area contributed by atoms with E-state index in [4.69, 9.17) is 9.88 Å². The maximum atomic E-state index is 11.9. The van der Waals surface area contributed by atoms with Crippen LogP contribution in [0.1, 0.15) is 30.1 Å². The van der Waals surface area contributed by atoms with E-state index in [-0.39, 0.29) is 15.7 Å². The van der Waals surface area contributed by atoms with Crippen LogP contribution < -0.4 is 10.5 Å². The van der Waals surface area contributed by atoms with Crippen molar-refractivity contribution in [2.75, 3.05) is 13.2 Å². The summed E-state index contributed by atoms with van der Waals surface area (Å²) in [7, 11) is -3.74. The van der Waals surface area contributed by atoms with E-state index in [0.29, 0.717) is 18.7 Å². The second-order valence-corrected chi connectivity index (χ2v) is 7.48. The van der Waals surface area contributed by atoms with Crippen LogP contribution in [0.3, 0.4) is 0 Å². The molecule has 6 nitrogen and oxygen atoms in total. The molecule has 1 saturated heterocycles. The van der Waals surface area contributed by atoms with Crippen LogP contribution in [0, 0.1) is 0 Å². The predicted octanol–water partition coefficient (Wildman–Crippen LogP) is 0.694. The summed E-state index contributed by atoms with van der Waals surface area (Å²) >= 11 is 0.937. The Morgan fingerprint density at radius 2 is 2.37 bits per heavy atom. The van der Waals surface area contributed by atoms with Gasteiger partial charge in [0.05, 0.1) is 11.2 Å². The zero-order chi connectivity index (χ0) is 14.1. The highest BCUT2D eigenvalue weighted by Crippen LogP contribution is 2.24. The van der Waals surface area contributed by atoms with E-state index < -0.39 is 10.0 Å². The highest BCUT2D eigenvalue weighted by atomic mass is 32.2. The van der Waals surface area contributed by atoms with Gasteiger partial charge in [0.1, 0.15) is 4.21 Å². The molecule has 0 bridgehead atoms. The van der Waals surface area contributed by atoms with E-state index in [9.17, 15) is 13.2 Å². The highest BCUT2D eigenvalue weighted by Gasteiger charge is 2.30. The van der Waals surface area contributed by atoms with Gasteiger partial charge >= 0.3 is 0 Å². The van der Waals surface area contributed by atoms with E-state index in [1.165, 1.54) is 11.4 Å². The molecule has 0 spiro atoms. The molecule has 3 N–H and O–H groups in total. The number of amides is 1. The first-order valence-electron chi connectivity index (χ1n) is 5.84. The monoisotopic (exact) mass is 304 g/mol. The largest absolute Gasteiger partial charge is 0.373 e. The van der Waals surface area contributed by atoms with E-state index in [0.717, 1.165) is 24.2 Å². The molecule has 0 radical (unpaired) electrons. The second kappa shape index (κ2) is 5.20. The number of carbonyl (C=O) groups is 1. The molecule has 2 heterocycles. The number of nitrogens with two attached hydrogens (primary N) is 1. The lowest BCUT2D eigenvalue weighted by Gasteiger charge is -2.23. The third-order valence-corrected chi connectivity index (χ3v) is 5.43. The summed E-state index contributed by atoms with van der Waals surface area (Å²) in [5.41, 5.74) is -0.0234. The van der Waals surface area contributed by atoms with Crippen LogP contribution in [0.25, 0.3) is 0 Å². The summed E-state index contributed by atoms with van der Waals surface area (Å²) in [6.07, 6.45) is 1.89. The van der Waals surface area contributed by atoms with Gasteiger partial charge < -0.3 is 10.1 Å². The molecule has 0 aliphatic carbocycles. The second-order valence-electron chi connectivity index (χ2n) is 4.78. The zero-order valence-electron chi connectivity index (χ0n) is 10.5. The molecule has 0 aromatic carbocycles. The van der Waals surface area contributed by atoms with Crippen molar-refractivity contribution >= 4 is 27.3 Å². The van der Waals surface area contributed by atoms with E-state index in [1.54, 1.807) is 0 Å². The smallest absolute Gasteiger partial charge is 0.252 e. The predicted molar refractivity (Wildman–Crippen MR) is 71.6 cm³/mol. The van der Waals surface area contributed by atoms with Crippen molar-refractivity contribution in [3.8, 4) is 0 Å². The number of carbonyl (C=O) groups excluding carboxylic acids is 1. The quantitative estimate of drug-likeness (QED) is 0.855. The molecule has 1 atom stereocenters. The number of rotatable bonds is 4. The van der Waals surface area contributed by atoms with Crippen LogP contribution >= 0.6 is 11.3 Å². The van der Waals surface area contributed by atoms with Crippen LogP contribution in [0.15, 0.2) is 15.7 Å². The van der Waals surface area contributed by atoms with E-state index >= 15 is 0 Å². The summed E-state index contributed by atoms with van der Waals surface area (Å²) in [6, 6.07) is 1.28. The minimum atomic E-state index is -3.74. The Labute approximate surface area is 116 Å². The zero-order valence-corrected chi connectivity index (χ0v) is 12.1. The summed E-state index contributed by atoms with van der Waals surface area (Å²) in [5.74, 6) is -0.317. The molecule has 8 heteroatoms. The van der Waals surface area contributed by atoms with Crippen LogP contribution in [0.2, 0.25) is 0 Å². The lowest BCUT2D eigenvalue weighted by molar-refractivity contribution is 0.0206. The lowest BCUT2D eigenvalue weighted by Crippen LogP contribution is -2.40. The summed E-state index contributed by atoms with van der Waals surface area (Å²) < 4.78 is 27.8. The Morgan fingerprint density at radius 1 is 1.63 bits per heavy atom. The molecule has 0 saturated carbocycles. The molecular weight excluding hydrogens is 288 g/mol. The van der Waals surface area contributed by atoms with Crippen molar-refractivity contribution in [1.29, 1.82) is 0 Å². The van der Waals surface area contributed by atoms with E-state index in [1.807, 2.05) is 6.92 Å². The average Bonchev–Trinajstić information content (AvgIpc) is 2.94. The number of thiophene rings is 1. The Kier molecular flexibility index (Phi) is 3.95. The van der Waals surface area contributed by atoms with Gasteiger partial charge in [0.2, 0.25) is 10.0 Å². The van der Waals surface area contributed by atoms with Crippen molar-refractivity contribution in [2.45, 2.75) is 29.6 Å².